The van der Waals surface area contributed by atoms with Crippen LogP contribution < -0.4 is 21.5 Å². The van der Waals surface area contributed by atoms with Crippen LogP contribution in [0.15, 0.2) is 42.5 Å². The number of amides is 2. The molecule has 0 atom stereocenters. The SMILES string of the molecule is COc1cc(C(N)=O)cc2nc(N)n(CCCNC(=O)OCc3ccccc3)c12. The number of nitrogens with one attached hydrogen (secondary N) is 1. The number of nitrogens with zero attached hydrogens (tertiary/aromatic N) is 2. The Morgan fingerprint density at radius 3 is 2.66 bits per heavy atom. The number of benzene rings is 2. The van der Waals surface area contributed by atoms with Gasteiger partial charge in [-0.1, -0.05) is 30.3 Å². The largest absolute Gasteiger partial charge is 0.494 e. The number of carbonyl (C=O) groups excluding carboxylic acids is 2. The summed E-state index contributed by atoms with van der Waals surface area (Å²) in [7, 11) is 1.50. The van der Waals surface area contributed by atoms with Gasteiger partial charge >= 0.3 is 6.09 Å². The maximum absolute atomic E-state index is 11.8. The normalized spacial score (nSPS) is 10.7. The molecule has 0 saturated heterocycles. The minimum Gasteiger partial charge on any atom is -0.494 e. The van der Waals surface area contributed by atoms with Gasteiger partial charge in [-0.05, 0) is 24.1 Å². The third-order valence-electron chi connectivity index (χ3n) is 4.38. The Bertz CT molecular complexity index is 1020. The predicted molar refractivity (Wildman–Crippen MR) is 108 cm³/mol. The number of aryl methyl sites for hydroxylation is 1. The van der Waals surface area contributed by atoms with Gasteiger partial charge in [-0.3, -0.25) is 4.79 Å². The molecule has 0 saturated carbocycles. The Morgan fingerprint density at radius 2 is 1.97 bits per heavy atom. The summed E-state index contributed by atoms with van der Waals surface area (Å²) in [4.78, 5) is 27.6. The fourth-order valence-electron chi connectivity index (χ4n) is 2.97. The van der Waals surface area contributed by atoms with E-state index in [0.717, 1.165) is 5.56 Å². The van der Waals surface area contributed by atoms with Gasteiger partial charge in [-0.25, -0.2) is 9.78 Å². The van der Waals surface area contributed by atoms with Crippen LogP contribution in [0.5, 0.6) is 5.75 Å². The summed E-state index contributed by atoms with van der Waals surface area (Å²) in [6.07, 6.45) is 0.109. The first kappa shape index (κ1) is 20.0. The average molecular weight is 397 g/mol. The lowest BCUT2D eigenvalue weighted by molar-refractivity contribution is 0.1000. The number of hydrogen-bond acceptors (Lipinski definition) is 6. The van der Waals surface area contributed by atoms with Gasteiger partial charge in [0.05, 0.1) is 12.6 Å². The third-order valence-corrected chi connectivity index (χ3v) is 4.38. The number of anilines is 1. The maximum Gasteiger partial charge on any atom is 0.407 e. The summed E-state index contributed by atoms with van der Waals surface area (Å²) < 4.78 is 12.3. The van der Waals surface area contributed by atoms with Gasteiger partial charge in [0.2, 0.25) is 11.9 Å². The zero-order chi connectivity index (χ0) is 20.8. The number of nitrogen functional groups attached to an aromatic ring is 1. The zero-order valence-corrected chi connectivity index (χ0v) is 16.1. The van der Waals surface area contributed by atoms with Crippen molar-refractivity contribution in [2.24, 2.45) is 5.73 Å². The van der Waals surface area contributed by atoms with Crippen molar-refractivity contribution < 1.29 is 19.1 Å². The average Bonchev–Trinajstić information content (AvgIpc) is 3.04. The van der Waals surface area contributed by atoms with E-state index in [9.17, 15) is 9.59 Å². The lowest BCUT2D eigenvalue weighted by Crippen LogP contribution is -2.26. The second-order valence-corrected chi connectivity index (χ2v) is 6.37. The molecule has 3 rings (SSSR count). The molecule has 29 heavy (non-hydrogen) atoms. The van der Waals surface area contributed by atoms with Crippen LogP contribution in [0.1, 0.15) is 22.3 Å². The monoisotopic (exact) mass is 397 g/mol. The number of methoxy groups -OCH3 is 1. The molecule has 0 fully saturated rings. The van der Waals surface area contributed by atoms with E-state index in [1.54, 1.807) is 16.7 Å². The molecule has 0 aliphatic rings. The van der Waals surface area contributed by atoms with Crippen molar-refractivity contribution in [1.82, 2.24) is 14.9 Å². The minimum absolute atomic E-state index is 0.213. The quantitative estimate of drug-likeness (QED) is 0.498. The number of fused-ring (bicyclic) bond motifs is 1. The lowest BCUT2D eigenvalue weighted by atomic mass is 10.1. The summed E-state index contributed by atoms with van der Waals surface area (Å²) >= 11 is 0. The fraction of sp³-hybridized carbons (Fsp3) is 0.250. The molecule has 9 nitrogen and oxygen atoms in total. The Balaban J connectivity index is 1.58. The number of ether oxygens (including phenoxy) is 2. The van der Waals surface area contributed by atoms with Crippen molar-refractivity contribution in [1.29, 1.82) is 0 Å². The van der Waals surface area contributed by atoms with Crippen molar-refractivity contribution >= 4 is 29.0 Å². The molecular formula is C20H23N5O4. The number of alkyl carbamates (subject to hydrolysis) is 1. The van der Waals surface area contributed by atoms with E-state index in [2.05, 4.69) is 10.3 Å². The molecule has 5 N–H and O–H groups in total. The summed E-state index contributed by atoms with van der Waals surface area (Å²) in [5.74, 6) is 0.166. The van der Waals surface area contributed by atoms with Crippen LogP contribution in [0.2, 0.25) is 0 Å². The van der Waals surface area contributed by atoms with Crippen molar-refractivity contribution in [3.63, 3.8) is 0 Å². The van der Waals surface area contributed by atoms with Crippen LogP contribution in [0.4, 0.5) is 10.7 Å². The molecule has 0 unspecified atom stereocenters. The van der Waals surface area contributed by atoms with E-state index in [4.69, 9.17) is 20.9 Å². The molecule has 0 aliphatic carbocycles. The van der Waals surface area contributed by atoms with E-state index < -0.39 is 12.0 Å². The number of rotatable bonds is 8. The first-order valence-electron chi connectivity index (χ1n) is 9.07. The van der Waals surface area contributed by atoms with Crippen molar-refractivity contribution in [3.05, 3.63) is 53.6 Å². The summed E-state index contributed by atoms with van der Waals surface area (Å²) in [6.45, 7) is 1.10. The van der Waals surface area contributed by atoms with Gasteiger partial charge in [0.25, 0.3) is 0 Å². The maximum atomic E-state index is 11.8. The number of hydrogen-bond donors (Lipinski definition) is 3. The molecule has 1 heterocycles. The Labute approximate surface area is 167 Å². The van der Waals surface area contributed by atoms with E-state index in [1.165, 1.54) is 7.11 Å². The van der Waals surface area contributed by atoms with Crippen LogP contribution in [-0.2, 0) is 17.9 Å². The molecular weight excluding hydrogens is 374 g/mol. The topological polar surface area (TPSA) is 134 Å². The Morgan fingerprint density at radius 1 is 1.21 bits per heavy atom. The highest BCUT2D eigenvalue weighted by molar-refractivity contribution is 5.98. The molecule has 2 aromatic carbocycles. The van der Waals surface area contributed by atoms with E-state index >= 15 is 0 Å². The van der Waals surface area contributed by atoms with Gasteiger partial charge in [0.1, 0.15) is 17.9 Å². The van der Waals surface area contributed by atoms with Crippen molar-refractivity contribution in [2.75, 3.05) is 19.4 Å². The highest BCUT2D eigenvalue weighted by Crippen LogP contribution is 2.29. The van der Waals surface area contributed by atoms with Gasteiger partial charge in [-0.15, -0.1) is 0 Å². The van der Waals surface area contributed by atoms with Crippen LogP contribution >= 0.6 is 0 Å². The number of carbonyl (C=O) groups is 2. The molecule has 0 bridgehead atoms. The molecule has 2 amide bonds. The highest BCUT2D eigenvalue weighted by atomic mass is 16.5. The molecule has 1 aromatic heterocycles. The molecule has 0 radical (unpaired) electrons. The van der Waals surface area contributed by atoms with Gasteiger partial charge in [0, 0.05) is 18.7 Å². The molecule has 3 aromatic rings. The minimum atomic E-state index is -0.573. The van der Waals surface area contributed by atoms with Crippen LogP contribution in [0.25, 0.3) is 11.0 Å². The second kappa shape index (κ2) is 8.96. The number of imidazole rings is 1. The van der Waals surface area contributed by atoms with Gasteiger partial charge in [-0.2, -0.15) is 0 Å². The number of aromatic nitrogens is 2. The first-order chi connectivity index (χ1) is 14.0. The third kappa shape index (κ3) is 4.75. The Hall–Kier alpha value is -3.75. The van der Waals surface area contributed by atoms with E-state index in [1.807, 2.05) is 30.3 Å². The van der Waals surface area contributed by atoms with Gasteiger partial charge in [0.15, 0.2) is 0 Å². The smallest absolute Gasteiger partial charge is 0.407 e. The fourth-order valence-corrected chi connectivity index (χ4v) is 2.97. The van der Waals surface area contributed by atoms with Crippen molar-refractivity contribution in [3.8, 4) is 5.75 Å². The summed E-state index contributed by atoms with van der Waals surface area (Å²) in [5.41, 5.74) is 13.8. The van der Waals surface area contributed by atoms with Crippen LogP contribution in [0.3, 0.4) is 0 Å². The standard InChI is InChI=1S/C20H23N5O4/c1-28-16-11-14(18(21)26)10-15-17(16)25(19(22)24-15)9-5-8-23-20(27)29-12-13-6-3-2-4-7-13/h2-4,6-7,10-11H,5,8-9,12H2,1H3,(H2,21,26)(H2,22,24)(H,23,27). The van der Waals surface area contributed by atoms with E-state index in [-0.39, 0.29) is 12.6 Å². The lowest BCUT2D eigenvalue weighted by Gasteiger charge is -2.11. The predicted octanol–water partition coefficient (Wildman–Crippen LogP) is 2.04. The Kier molecular flexibility index (Phi) is 6.18. The van der Waals surface area contributed by atoms with E-state index in [0.29, 0.717) is 41.9 Å². The van der Waals surface area contributed by atoms with Gasteiger partial charge < -0.3 is 30.8 Å². The number of nitrogens with two attached hydrogens (primary N) is 2. The molecule has 0 aliphatic heterocycles. The van der Waals surface area contributed by atoms with Crippen LogP contribution in [-0.4, -0.2) is 35.2 Å². The molecule has 9 heteroatoms. The number of primary amides is 1. The molecule has 0 spiro atoms. The summed E-state index contributed by atoms with van der Waals surface area (Å²) in [5, 5.41) is 2.71. The highest BCUT2D eigenvalue weighted by Gasteiger charge is 2.16. The zero-order valence-electron chi connectivity index (χ0n) is 16.1. The first-order valence-corrected chi connectivity index (χ1v) is 9.07. The van der Waals surface area contributed by atoms with Crippen LogP contribution in [0, 0.1) is 0 Å². The van der Waals surface area contributed by atoms with Crippen molar-refractivity contribution in [2.45, 2.75) is 19.6 Å². The summed E-state index contributed by atoms with van der Waals surface area (Å²) in [6, 6.07) is 12.6. The molecule has 152 valence electrons. The second-order valence-electron chi connectivity index (χ2n) is 6.37.